The van der Waals surface area contributed by atoms with Crippen molar-refractivity contribution in [3.63, 3.8) is 0 Å². The minimum atomic E-state index is -0.512. The van der Waals surface area contributed by atoms with Gasteiger partial charge in [-0.15, -0.1) is 0 Å². The van der Waals surface area contributed by atoms with Gasteiger partial charge in [0, 0.05) is 20.5 Å². The Labute approximate surface area is 269 Å². The number of carbonyl (C=O) groups is 2. The lowest BCUT2D eigenvalue weighted by molar-refractivity contribution is -0.142. The van der Waals surface area contributed by atoms with E-state index in [1.54, 1.807) is 7.05 Å². The summed E-state index contributed by atoms with van der Waals surface area (Å²) in [5.74, 6) is -0.314. The zero-order chi connectivity index (χ0) is 33.3. The smallest absolute Gasteiger partial charge is 0.410 e. The fourth-order valence-electron chi connectivity index (χ4n) is 2.96. The molecule has 1 amide bonds. The van der Waals surface area contributed by atoms with Crippen LogP contribution < -0.4 is 0 Å². The summed E-state index contributed by atoms with van der Waals surface area (Å²) in [7, 11) is 1.68. The Hall–Kier alpha value is -1.66. The van der Waals surface area contributed by atoms with Gasteiger partial charge in [0.05, 0.1) is 132 Å². The molecule has 0 spiro atoms. The number of esters is 1. The Kier molecular flexibility index (Phi) is 31.1. The molecule has 0 aromatic carbocycles. The molecule has 0 radical (unpaired) electrons. The highest BCUT2D eigenvalue weighted by atomic mass is 16.6. The Morgan fingerprint density at radius 1 is 0.444 bits per heavy atom. The highest BCUT2D eigenvalue weighted by Crippen LogP contribution is 2.08. The van der Waals surface area contributed by atoms with Crippen LogP contribution in [0.1, 0.15) is 27.7 Å². The summed E-state index contributed by atoms with van der Waals surface area (Å²) in [6.45, 7) is 16.9. The normalized spacial score (nSPS) is 11.6. The minimum absolute atomic E-state index is 0.254. The predicted molar refractivity (Wildman–Crippen MR) is 164 cm³/mol. The van der Waals surface area contributed by atoms with E-state index in [9.17, 15) is 9.59 Å². The van der Waals surface area contributed by atoms with E-state index in [1.165, 1.54) is 11.8 Å². The van der Waals surface area contributed by atoms with Crippen molar-refractivity contribution in [2.24, 2.45) is 0 Å². The summed E-state index contributed by atoms with van der Waals surface area (Å²) < 4.78 is 64.3. The average molecular weight is 658 g/mol. The number of likely N-dealkylation sites (N-methyl/N-ethyl adjacent to an activating group) is 1. The number of hydrogen-bond donors (Lipinski definition) is 0. The van der Waals surface area contributed by atoms with Crippen LogP contribution in [0.25, 0.3) is 0 Å². The second-order valence-electron chi connectivity index (χ2n) is 10.4. The third-order valence-electron chi connectivity index (χ3n) is 5.16. The molecule has 0 aliphatic rings. The molecule has 0 saturated heterocycles. The first-order valence-electron chi connectivity index (χ1n) is 15.6. The molecule has 15 heteroatoms. The average Bonchev–Trinajstić information content (AvgIpc) is 2.98. The number of ether oxygens (including phenoxy) is 12. The first-order chi connectivity index (χ1) is 21.7. The molecule has 45 heavy (non-hydrogen) atoms. The summed E-state index contributed by atoms with van der Waals surface area (Å²) >= 11 is 0. The van der Waals surface area contributed by atoms with E-state index < -0.39 is 5.60 Å². The van der Waals surface area contributed by atoms with E-state index in [0.29, 0.717) is 139 Å². The predicted octanol–water partition coefficient (Wildman–Crippen LogP) is 1.58. The van der Waals surface area contributed by atoms with E-state index in [-0.39, 0.29) is 18.7 Å². The van der Waals surface area contributed by atoms with Gasteiger partial charge in [0.1, 0.15) is 12.2 Å². The lowest BCUT2D eigenvalue weighted by atomic mass is 10.2. The van der Waals surface area contributed by atoms with E-state index in [2.05, 4.69) is 0 Å². The molecule has 0 heterocycles. The van der Waals surface area contributed by atoms with Gasteiger partial charge in [0.25, 0.3) is 0 Å². The molecule has 0 atom stereocenters. The number of amides is 1. The van der Waals surface area contributed by atoms with Crippen molar-refractivity contribution >= 4 is 12.1 Å². The molecule has 0 aliphatic heterocycles. The molecule has 0 rings (SSSR count). The molecule has 0 bridgehead atoms. The Bertz CT molecular complexity index is 665. The molecule has 0 aromatic rings. The maximum atomic E-state index is 11.8. The Morgan fingerprint density at radius 2 is 0.689 bits per heavy atom. The SMILES string of the molecule is CC(=O)OCCOCCOCCOCCOCCOCCOCCOCCOCCOCCOCCN(C)C(=O)OC(C)(C)C. The summed E-state index contributed by atoms with van der Waals surface area (Å²) in [6, 6.07) is 0. The van der Waals surface area contributed by atoms with Gasteiger partial charge in [0.15, 0.2) is 0 Å². The van der Waals surface area contributed by atoms with Crippen LogP contribution in [0.4, 0.5) is 4.79 Å². The van der Waals surface area contributed by atoms with E-state index in [1.807, 2.05) is 20.8 Å². The first kappa shape index (κ1) is 43.3. The zero-order valence-electron chi connectivity index (χ0n) is 28.2. The van der Waals surface area contributed by atoms with Crippen LogP contribution in [0.3, 0.4) is 0 Å². The van der Waals surface area contributed by atoms with Crippen LogP contribution >= 0.6 is 0 Å². The molecular weight excluding hydrogens is 598 g/mol. The fourth-order valence-corrected chi connectivity index (χ4v) is 2.96. The second kappa shape index (κ2) is 32.3. The summed E-state index contributed by atoms with van der Waals surface area (Å²) in [5, 5.41) is 0. The number of nitrogens with zero attached hydrogens (tertiary/aromatic N) is 1. The lowest BCUT2D eigenvalue weighted by Crippen LogP contribution is -2.36. The van der Waals surface area contributed by atoms with Crippen molar-refractivity contribution in [2.45, 2.75) is 33.3 Å². The van der Waals surface area contributed by atoms with Gasteiger partial charge in [-0.05, 0) is 20.8 Å². The van der Waals surface area contributed by atoms with Crippen molar-refractivity contribution in [3.8, 4) is 0 Å². The third-order valence-corrected chi connectivity index (χ3v) is 5.16. The standard InChI is InChI=1S/C30H59NO14/c1-28(32)44-27-26-43-25-24-42-23-22-41-21-20-40-19-18-39-17-16-38-15-14-37-13-12-36-11-10-35-9-8-34-7-6-31(5)29(33)45-30(2,3)4/h6-27H2,1-5H3. The largest absolute Gasteiger partial charge is 0.463 e. The van der Waals surface area contributed by atoms with Crippen LogP contribution in [0.5, 0.6) is 0 Å². The highest BCUT2D eigenvalue weighted by Gasteiger charge is 2.19. The lowest BCUT2D eigenvalue weighted by Gasteiger charge is -2.24. The van der Waals surface area contributed by atoms with E-state index >= 15 is 0 Å². The summed E-state index contributed by atoms with van der Waals surface area (Å²) in [5.41, 5.74) is -0.512. The van der Waals surface area contributed by atoms with Crippen molar-refractivity contribution in [1.29, 1.82) is 0 Å². The van der Waals surface area contributed by atoms with Crippen molar-refractivity contribution in [1.82, 2.24) is 4.90 Å². The topological polar surface area (TPSA) is 148 Å². The molecule has 0 aromatic heterocycles. The molecule has 0 N–H and O–H groups in total. The molecule has 0 aliphatic carbocycles. The zero-order valence-corrected chi connectivity index (χ0v) is 28.2. The molecule has 0 saturated carbocycles. The highest BCUT2D eigenvalue weighted by molar-refractivity contribution is 5.67. The third kappa shape index (κ3) is 36.7. The van der Waals surface area contributed by atoms with Crippen LogP contribution in [0.15, 0.2) is 0 Å². The van der Waals surface area contributed by atoms with Gasteiger partial charge in [0.2, 0.25) is 0 Å². The van der Waals surface area contributed by atoms with Gasteiger partial charge < -0.3 is 61.7 Å². The number of hydrogen-bond acceptors (Lipinski definition) is 14. The maximum Gasteiger partial charge on any atom is 0.410 e. The van der Waals surface area contributed by atoms with Crippen molar-refractivity contribution in [2.75, 3.05) is 152 Å². The summed E-state index contributed by atoms with van der Waals surface area (Å²) in [4.78, 5) is 23.9. The van der Waals surface area contributed by atoms with Crippen LogP contribution in [-0.2, 0) is 61.6 Å². The molecule has 268 valence electrons. The van der Waals surface area contributed by atoms with E-state index in [0.717, 1.165) is 0 Å². The molecule has 15 nitrogen and oxygen atoms in total. The van der Waals surface area contributed by atoms with Crippen molar-refractivity contribution < 1.29 is 66.4 Å². The Morgan fingerprint density at radius 3 is 0.933 bits per heavy atom. The summed E-state index contributed by atoms with van der Waals surface area (Å²) in [6.07, 6.45) is -0.367. The molecule has 0 unspecified atom stereocenters. The van der Waals surface area contributed by atoms with Gasteiger partial charge in [-0.1, -0.05) is 0 Å². The van der Waals surface area contributed by atoms with Gasteiger partial charge in [-0.3, -0.25) is 4.79 Å². The van der Waals surface area contributed by atoms with Crippen molar-refractivity contribution in [3.05, 3.63) is 0 Å². The first-order valence-corrected chi connectivity index (χ1v) is 15.6. The van der Waals surface area contributed by atoms with Crippen LogP contribution in [-0.4, -0.2) is 175 Å². The Balaban J connectivity index is 3.15. The van der Waals surface area contributed by atoms with Gasteiger partial charge in [-0.25, -0.2) is 4.79 Å². The minimum Gasteiger partial charge on any atom is -0.463 e. The maximum absolute atomic E-state index is 11.8. The molecule has 0 fully saturated rings. The van der Waals surface area contributed by atoms with Crippen LogP contribution in [0, 0.1) is 0 Å². The van der Waals surface area contributed by atoms with Gasteiger partial charge in [-0.2, -0.15) is 0 Å². The fraction of sp³-hybridized carbons (Fsp3) is 0.933. The number of carbonyl (C=O) groups excluding carboxylic acids is 2. The van der Waals surface area contributed by atoms with Gasteiger partial charge >= 0.3 is 12.1 Å². The monoisotopic (exact) mass is 657 g/mol. The van der Waals surface area contributed by atoms with E-state index in [4.69, 9.17) is 56.8 Å². The van der Waals surface area contributed by atoms with Crippen LogP contribution in [0.2, 0.25) is 0 Å². The second-order valence-corrected chi connectivity index (χ2v) is 10.4. The molecular formula is C30H59NO14. The number of rotatable bonds is 33. The quantitative estimate of drug-likeness (QED) is 0.0743.